The van der Waals surface area contributed by atoms with Crippen LogP contribution in [0.3, 0.4) is 0 Å². The Bertz CT molecular complexity index is 498. The molecule has 102 valence electrons. The third kappa shape index (κ3) is 3.82. The predicted octanol–water partition coefficient (Wildman–Crippen LogP) is 3.85. The molecule has 0 aliphatic rings. The van der Waals surface area contributed by atoms with Crippen LogP contribution in [0.25, 0.3) is 0 Å². The summed E-state index contributed by atoms with van der Waals surface area (Å²) >= 11 is 3.48. The summed E-state index contributed by atoms with van der Waals surface area (Å²) < 4.78 is 23.1. The molecule has 0 fully saturated rings. The van der Waals surface area contributed by atoms with Gasteiger partial charge in [-0.15, -0.1) is 0 Å². The third-order valence-electron chi connectivity index (χ3n) is 3.18. The summed E-state index contributed by atoms with van der Waals surface area (Å²) in [6, 6.07) is 8.14. The molecule has 0 aliphatic heterocycles. The van der Waals surface area contributed by atoms with Gasteiger partial charge in [-0.05, 0) is 23.5 Å². The Morgan fingerprint density at radius 1 is 1.11 bits per heavy atom. The van der Waals surface area contributed by atoms with Gasteiger partial charge in [0.05, 0.1) is 10.1 Å². The van der Waals surface area contributed by atoms with Crippen LogP contribution in [0.1, 0.15) is 43.6 Å². The monoisotopic (exact) mass is 332 g/mol. The van der Waals surface area contributed by atoms with Crippen LogP contribution in [0.2, 0.25) is 0 Å². The summed E-state index contributed by atoms with van der Waals surface area (Å²) in [7, 11) is -3.04. The zero-order valence-electron chi connectivity index (χ0n) is 11.6. The van der Waals surface area contributed by atoms with Gasteiger partial charge in [0.2, 0.25) is 0 Å². The van der Waals surface area contributed by atoms with Gasteiger partial charge in [-0.1, -0.05) is 61.0 Å². The van der Waals surface area contributed by atoms with E-state index >= 15 is 0 Å². The minimum Gasteiger partial charge on any atom is -0.229 e. The summed E-state index contributed by atoms with van der Waals surface area (Å²) in [5.74, 6) is 0. The number of hydrogen-bond acceptors (Lipinski definition) is 2. The lowest BCUT2D eigenvalue weighted by atomic mass is 9.86. The molecule has 0 radical (unpaired) electrons. The van der Waals surface area contributed by atoms with E-state index < -0.39 is 15.1 Å². The summed E-state index contributed by atoms with van der Waals surface area (Å²) in [6.07, 6.45) is 1.27. The Kier molecular flexibility index (Phi) is 4.65. The molecule has 2 atom stereocenters. The molecule has 0 N–H and O–H groups in total. The average molecular weight is 333 g/mol. The summed E-state index contributed by atoms with van der Waals surface area (Å²) in [6.45, 7) is 8.21. The van der Waals surface area contributed by atoms with Crippen molar-refractivity contribution in [2.75, 3.05) is 6.26 Å². The number of sulfone groups is 1. The first-order chi connectivity index (χ1) is 8.03. The summed E-state index contributed by atoms with van der Waals surface area (Å²) in [5.41, 5.74) is 2.36. The lowest BCUT2D eigenvalue weighted by molar-refractivity contribution is 0.586. The lowest BCUT2D eigenvalue weighted by Gasteiger charge is -2.21. The largest absolute Gasteiger partial charge is 0.229 e. The highest BCUT2D eigenvalue weighted by Crippen LogP contribution is 2.32. The Hall–Kier alpha value is -0.350. The van der Waals surface area contributed by atoms with Crippen LogP contribution < -0.4 is 0 Å². The minimum absolute atomic E-state index is 0.114. The normalized spacial score (nSPS) is 16.3. The van der Waals surface area contributed by atoms with Crippen LogP contribution in [0.5, 0.6) is 0 Å². The van der Waals surface area contributed by atoms with Crippen LogP contribution in [-0.4, -0.2) is 19.9 Å². The van der Waals surface area contributed by atoms with Gasteiger partial charge in [0.15, 0.2) is 9.84 Å². The van der Waals surface area contributed by atoms with E-state index in [1.165, 1.54) is 11.8 Å². The van der Waals surface area contributed by atoms with E-state index in [0.717, 1.165) is 5.56 Å². The van der Waals surface area contributed by atoms with Crippen molar-refractivity contribution in [2.45, 2.75) is 43.2 Å². The topological polar surface area (TPSA) is 34.1 Å². The molecule has 0 spiro atoms. The molecule has 2 unspecified atom stereocenters. The van der Waals surface area contributed by atoms with E-state index in [9.17, 15) is 8.42 Å². The second-order valence-electron chi connectivity index (χ2n) is 5.81. The molecule has 1 aromatic carbocycles. The van der Waals surface area contributed by atoms with Crippen molar-refractivity contribution < 1.29 is 8.42 Å². The molecule has 0 bridgehead atoms. The fourth-order valence-corrected chi connectivity index (χ4v) is 3.73. The lowest BCUT2D eigenvalue weighted by Crippen LogP contribution is -2.21. The number of hydrogen-bond donors (Lipinski definition) is 0. The SMILES string of the molecule is CC(C(Br)c1ccc(C(C)(C)C)cc1)S(C)(=O)=O. The molecule has 4 heteroatoms. The number of halogens is 1. The molecule has 2 nitrogen and oxygen atoms in total. The first-order valence-electron chi connectivity index (χ1n) is 5.97. The van der Waals surface area contributed by atoms with Crippen molar-refractivity contribution in [1.29, 1.82) is 0 Å². The van der Waals surface area contributed by atoms with Gasteiger partial charge >= 0.3 is 0 Å². The van der Waals surface area contributed by atoms with Crippen LogP contribution in [0.15, 0.2) is 24.3 Å². The molecular weight excluding hydrogens is 312 g/mol. The third-order valence-corrected chi connectivity index (χ3v) is 6.48. The zero-order chi connectivity index (χ0) is 14.1. The van der Waals surface area contributed by atoms with Crippen LogP contribution >= 0.6 is 15.9 Å². The van der Waals surface area contributed by atoms with Crippen molar-refractivity contribution in [3.05, 3.63) is 35.4 Å². The molecule has 0 saturated carbocycles. The highest BCUT2D eigenvalue weighted by atomic mass is 79.9. The maximum Gasteiger partial charge on any atom is 0.151 e. The Labute approximate surface area is 119 Å². The van der Waals surface area contributed by atoms with E-state index in [0.29, 0.717) is 0 Å². The van der Waals surface area contributed by atoms with Crippen molar-refractivity contribution in [3.8, 4) is 0 Å². The standard InChI is InChI=1S/C14H21BrO2S/c1-10(18(5,16)17)13(15)11-6-8-12(9-7-11)14(2,3)4/h6-10,13H,1-5H3. The van der Waals surface area contributed by atoms with Crippen molar-refractivity contribution in [3.63, 3.8) is 0 Å². The van der Waals surface area contributed by atoms with Crippen LogP contribution in [-0.2, 0) is 15.3 Å². The molecule has 0 amide bonds. The fraction of sp³-hybridized carbons (Fsp3) is 0.571. The van der Waals surface area contributed by atoms with Gasteiger partial charge in [-0.3, -0.25) is 0 Å². The van der Waals surface area contributed by atoms with Gasteiger partial charge in [-0.25, -0.2) is 8.42 Å². The molecule has 0 aliphatic carbocycles. The van der Waals surface area contributed by atoms with E-state index in [4.69, 9.17) is 0 Å². The van der Waals surface area contributed by atoms with Crippen molar-refractivity contribution in [1.82, 2.24) is 0 Å². The number of alkyl halides is 1. The number of rotatable bonds is 3. The minimum atomic E-state index is -3.04. The van der Waals surface area contributed by atoms with Gasteiger partial charge < -0.3 is 0 Å². The first kappa shape index (κ1) is 15.7. The van der Waals surface area contributed by atoms with Gasteiger partial charge in [0, 0.05) is 6.26 Å². The maximum atomic E-state index is 11.5. The second kappa shape index (κ2) is 5.33. The van der Waals surface area contributed by atoms with E-state index in [1.807, 2.05) is 12.1 Å². The molecule has 1 aromatic rings. The highest BCUT2D eigenvalue weighted by molar-refractivity contribution is 9.09. The van der Waals surface area contributed by atoms with Crippen molar-refractivity contribution >= 4 is 25.8 Å². The van der Waals surface area contributed by atoms with E-state index in [-0.39, 0.29) is 10.2 Å². The Morgan fingerprint density at radius 2 is 1.56 bits per heavy atom. The average Bonchev–Trinajstić information content (AvgIpc) is 2.25. The highest BCUT2D eigenvalue weighted by Gasteiger charge is 2.25. The first-order valence-corrected chi connectivity index (χ1v) is 8.84. The predicted molar refractivity (Wildman–Crippen MR) is 81.1 cm³/mol. The molecule has 0 saturated heterocycles. The van der Waals surface area contributed by atoms with Gasteiger partial charge in [0.1, 0.15) is 0 Å². The van der Waals surface area contributed by atoms with Crippen LogP contribution in [0.4, 0.5) is 0 Å². The van der Waals surface area contributed by atoms with E-state index in [2.05, 4.69) is 48.8 Å². The van der Waals surface area contributed by atoms with Crippen molar-refractivity contribution in [2.24, 2.45) is 0 Å². The Morgan fingerprint density at radius 3 is 1.89 bits per heavy atom. The van der Waals surface area contributed by atoms with Crippen LogP contribution in [0, 0.1) is 0 Å². The summed E-state index contributed by atoms with van der Waals surface area (Å²) in [4.78, 5) is -0.165. The molecule has 0 aromatic heterocycles. The second-order valence-corrected chi connectivity index (χ2v) is 9.20. The Balaban J connectivity index is 3.00. The molecule has 18 heavy (non-hydrogen) atoms. The zero-order valence-corrected chi connectivity index (χ0v) is 14.0. The maximum absolute atomic E-state index is 11.5. The smallest absolute Gasteiger partial charge is 0.151 e. The fourth-order valence-electron chi connectivity index (χ4n) is 1.66. The van der Waals surface area contributed by atoms with Gasteiger partial charge in [-0.2, -0.15) is 0 Å². The number of benzene rings is 1. The molecule has 1 rings (SSSR count). The quantitative estimate of drug-likeness (QED) is 0.788. The summed E-state index contributed by atoms with van der Waals surface area (Å²) in [5, 5.41) is -0.432. The van der Waals surface area contributed by atoms with E-state index in [1.54, 1.807) is 6.92 Å². The molecular formula is C14H21BrO2S. The molecule has 0 heterocycles. The van der Waals surface area contributed by atoms with Gasteiger partial charge in [0.25, 0.3) is 0 Å².